The van der Waals surface area contributed by atoms with E-state index in [0.29, 0.717) is 0 Å². The normalized spacial score (nSPS) is 10.7. The van der Waals surface area contributed by atoms with Crippen LogP contribution in [0.2, 0.25) is 0 Å². The number of nitrogens with zero attached hydrogens (tertiary/aromatic N) is 1. The van der Waals surface area contributed by atoms with Gasteiger partial charge in [0, 0.05) is 11.9 Å². The van der Waals surface area contributed by atoms with E-state index >= 15 is 0 Å². The van der Waals surface area contributed by atoms with Crippen LogP contribution in [0.3, 0.4) is 0 Å². The molecule has 2 nitrogen and oxygen atoms in total. The van der Waals surface area contributed by atoms with Gasteiger partial charge in [-0.05, 0) is 43.6 Å². The fourth-order valence-electron chi connectivity index (χ4n) is 2.07. The molecule has 1 aromatic heterocycles. The number of hydrogen-bond acceptors (Lipinski definition) is 1. The molecule has 1 aromatic carbocycles. The number of hydrogen-bond donors (Lipinski definition) is 1. The first-order chi connectivity index (χ1) is 7.65. The van der Waals surface area contributed by atoms with Crippen molar-refractivity contribution < 1.29 is 0 Å². The van der Waals surface area contributed by atoms with Gasteiger partial charge < -0.3 is 4.98 Å². The molecule has 16 heavy (non-hydrogen) atoms. The predicted molar refractivity (Wildman–Crippen MR) is 69.8 cm³/mol. The molecule has 0 spiro atoms. The number of rotatable bonds is 2. The molecule has 0 amide bonds. The van der Waals surface area contributed by atoms with Crippen LogP contribution in [-0.4, -0.2) is 9.55 Å². The molecule has 1 N–H and O–H groups in total. The maximum absolute atomic E-state index is 5.35. The molecule has 0 unspecified atom stereocenters. The van der Waals surface area contributed by atoms with Crippen molar-refractivity contribution in [2.24, 2.45) is 0 Å². The highest BCUT2D eigenvalue weighted by molar-refractivity contribution is 7.71. The lowest BCUT2D eigenvalue weighted by Gasteiger charge is -2.13. The van der Waals surface area contributed by atoms with E-state index in [1.165, 1.54) is 22.5 Å². The fourth-order valence-corrected chi connectivity index (χ4v) is 2.34. The SMILES string of the molecule is CCc1c[nH]c(=S)n1-c1c(C)cccc1C. The average molecular weight is 232 g/mol. The van der Waals surface area contributed by atoms with E-state index in [-0.39, 0.29) is 0 Å². The maximum Gasteiger partial charge on any atom is 0.182 e. The van der Waals surface area contributed by atoms with Crippen LogP contribution in [0.5, 0.6) is 0 Å². The monoisotopic (exact) mass is 232 g/mol. The molecule has 0 radical (unpaired) electrons. The third kappa shape index (κ3) is 1.71. The number of nitrogens with one attached hydrogen (secondary N) is 1. The second-order valence-corrected chi connectivity index (χ2v) is 4.40. The molecular formula is C13H16N2S. The summed E-state index contributed by atoms with van der Waals surface area (Å²) in [5, 5.41) is 0. The van der Waals surface area contributed by atoms with Crippen LogP contribution in [0.1, 0.15) is 23.7 Å². The van der Waals surface area contributed by atoms with Gasteiger partial charge in [0.05, 0.1) is 5.69 Å². The first kappa shape index (κ1) is 11.1. The Morgan fingerprint density at radius 1 is 1.25 bits per heavy atom. The van der Waals surface area contributed by atoms with Crippen LogP contribution in [0.15, 0.2) is 24.4 Å². The molecule has 0 aliphatic carbocycles. The first-order valence-corrected chi connectivity index (χ1v) is 5.92. The lowest BCUT2D eigenvalue weighted by Crippen LogP contribution is -2.03. The van der Waals surface area contributed by atoms with Crippen LogP contribution in [0.25, 0.3) is 5.69 Å². The van der Waals surface area contributed by atoms with Gasteiger partial charge in [-0.15, -0.1) is 0 Å². The van der Waals surface area contributed by atoms with E-state index < -0.39 is 0 Å². The topological polar surface area (TPSA) is 20.7 Å². The Labute approximate surface area is 101 Å². The van der Waals surface area contributed by atoms with Crippen LogP contribution in [-0.2, 0) is 6.42 Å². The minimum atomic E-state index is 0.772. The number of aromatic nitrogens is 2. The Hall–Kier alpha value is -1.35. The third-order valence-corrected chi connectivity index (χ3v) is 3.18. The first-order valence-electron chi connectivity index (χ1n) is 5.51. The zero-order valence-corrected chi connectivity index (χ0v) is 10.7. The molecule has 0 aliphatic rings. The van der Waals surface area contributed by atoms with Gasteiger partial charge in [-0.3, -0.25) is 4.57 Å². The Balaban J connectivity index is 2.76. The molecule has 2 rings (SSSR count). The Bertz CT molecular complexity index is 543. The molecule has 0 atom stereocenters. The number of H-pyrrole nitrogens is 1. The zero-order chi connectivity index (χ0) is 11.7. The highest BCUT2D eigenvalue weighted by Crippen LogP contribution is 2.21. The fraction of sp³-hybridized carbons (Fsp3) is 0.308. The number of para-hydroxylation sites is 1. The molecule has 0 bridgehead atoms. The second-order valence-electron chi connectivity index (χ2n) is 4.01. The Kier molecular flexibility index (Phi) is 2.97. The summed E-state index contributed by atoms with van der Waals surface area (Å²) in [6.07, 6.45) is 2.97. The lowest BCUT2D eigenvalue weighted by molar-refractivity contribution is 0.907. The van der Waals surface area contributed by atoms with Crippen LogP contribution >= 0.6 is 12.2 Å². The van der Waals surface area contributed by atoms with Gasteiger partial charge in [0.1, 0.15) is 0 Å². The third-order valence-electron chi connectivity index (χ3n) is 2.88. The van der Waals surface area contributed by atoms with E-state index in [1.54, 1.807) is 0 Å². The summed E-state index contributed by atoms with van der Waals surface area (Å²) in [6, 6.07) is 6.32. The van der Waals surface area contributed by atoms with E-state index in [9.17, 15) is 0 Å². The van der Waals surface area contributed by atoms with Crippen molar-refractivity contribution in [3.05, 3.63) is 46.0 Å². The van der Waals surface area contributed by atoms with Gasteiger partial charge in [-0.25, -0.2) is 0 Å². The molecule has 1 heterocycles. The predicted octanol–water partition coefficient (Wildman–Crippen LogP) is 3.71. The summed E-state index contributed by atoms with van der Waals surface area (Å²) < 4.78 is 2.91. The summed E-state index contributed by atoms with van der Waals surface area (Å²) in [5.41, 5.74) is 4.95. The summed E-state index contributed by atoms with van der Waals surface area (Å²) in [5.74, 6) is 0. The van der Waals surface area contributed by atoms with E-state index in [1.807, 2.05) is 6.20 Å². The minimum Gasteiger partial charge on any atom is -0.337 e. The van der Waals surface area contributed by atoms with Crippen molar-refractivity contribution in [1.29, 1.82) is 0 Å². The van der Waals surface area contributed by atoms with Crippen molar-refractivity contribution in [2.45, 2.75) is 27.2 Å². The lowest BCUT2D eigenvalue weighted by atomic mass is 10.1. The largest absolute Gasteiger partial charge is 0.337 e. The van der Waals surface area contributed by atoms with Crippen LogP contribution in [0, 0.1) is 18.6 Å². The minimum absolute atomic E-state index is 0.772. The zero-order valence-electron chi connectivity index (χ0n) is 9.87. The second kappa shape index (κ2) is 4.26. The van der Waals surface area contributed by atoms with Gasteiger partial charge >= 0.3 is 0 Å². The van der Waals surface area contributed by atoms with Gasteiger partial charge in [0.2, 0.25) is 0 Å². The van der Waals surface area contributed by atoms with Gasteiger partial charge in [-0.1, -0.05) is 25.1 Å². The Morgan fingerprint density at radius 3 is 2.44 bits per heavy atom. The molecule has 2 aromatic rings. The summed E-state index contributed by atoms with van der Waals surface area (Å²) in [7, 11) is 0. The quantitative estimate of drug-likeness (QED) is 0.783. The molecular weight excluding hydrogens is 216 g/mol. The summed E-state index contributed by atoms with van der Waals surface area (Å²) in [4.78, 5) is 3.12. The van der Waals surface area contributed by atoms with Gasteiger partial charge in [0.25, 0.3) is 0 Å². The molecule has 0 saturated heterocycles. The number of imidazole rings is 1. The van der Waals surface area contributed by atoms with Crippen LogP contribution < -0.4 is 0 Å². The molecule has 84 valence electrons. The van der Waals surface area contributed by atoms with Crippen molar-refractivity contribution in [1.82, 2.24) is 9.55 Å². The van der Waals surface area contributed by atoms with Crippen LogP contribution in [0.4, 0.5) is 0 Å². The van der Waals surface area contributed by atoms with Gasteiger partial charge in [-0.2, -0.15) is 0 Å². The van der Waals surface area contributed by atoms with Crippen molar-refractivity contribution in [3.63, 3.8) is 0 Å². The maximum atomic E-state index is 5.35. The standard InChI is InChI=1S/C13H16N2S/c1-4-11-8-14-13(16)15(11)12-9(2)6-5-7-10(12)3/h5-8H,4H2,1-3H3,(H,14,16). The van der Waals surface area contributed by atoms with Crippen molar-refractivity contribution >= 4 is 12.2 Å². The Morgan fingerprint density at radius 2 is 1.88 bits per heavy atom. The molecule has 0 saturated carbocycles. The average Bonchev–Trinajstić information content (AvgIpc) is 2.60. The summed E-state index contributed by atoms with van der Waals surface area (Å²) in [6.45, 7) is 6.38. The number of aromatic amines is 1. The number of benzene rings is 1. The van der Waals surface area contributed by atoms with Crippen molar-refractivity contribution in [3.8, 4) is 5.69 Å². The van der Waals surface area contributed by atoms with E-state index in [2.05, 4.69) is 48.5 Å². The summed E-state index contributed by atoms with van der Waals surface area (Å²) >= 11 is 5.35. The molecule has 0 aliphatic heterocycles. The number of aryl methyl sites for hydroxylation is 3. The molecule has 0 fully saturated rings. The van der Waals surface area contributed by atoms with Gasteiger partial charge in [0.15, 0.2) is 4.77 Å². The van der Waals surface area contributed by atoms with Crippen molar-refractivity contribution in [2.75, 3.05) is 0 Å². The smallest absolute Gasteiger partial charge is 0.182 e. The molecule has 3 heteroatoms. The highest BCUT2D eigenvalue weighted by atomic mass is 32.1. The van der Waals surface area contributed by atoms with E-state index in [4.69, 9.17) is 12.2 Å². The van der Waals surface area contributed by atoms with E-state index in [0.717, 1.165) is 11.2 Å². The highest BCUT2D eigenvalue weighted by Gasteiger charge is 2.09.